The first-order chi connectivity index (χ1) is 8.29. The van der Waals surface area contributed by atoms with E-state index in [1.807, 2.05) is 16.9 Å². The zero-order valence-corrected chi connectivity index (χ0v) is 10.8. The molecule has 0 spiro atoms. The minimum Gasteiger partial charge on any atom is -0.382 e. The van der Waals surface area contributed by atoms with Gasteiger partial charge in [0.2, 0.25) is 0 Å². The first kappa shape index (κ1) is 12.4. The van der Waals surface area contributed by atoms with Gasteiger partial charge in [0.1, 0.15) is 5.82 Å². The van der Waals surface area contributed by atoms with E-state index in [0.717, 1.165) is 19.1 Å². The molecule has 0 amide bonds. The van der Waals surface area contributed by atoms with Crippen molar-refractivity contribution in [2.75, 3.05) is 18.8 Å². The highest BCUT2D eigenvalue weighted by molar-refractivity contribution is 5.23. The zero-order valence-electron chi connectivity index (χ0n) is 10.8. The van der Waals surface area contributed by atoms with Gasteiger partial charge in [-0.1, -0.05) is 19.8 Å². The van der Waals surface area contributed by atoms with Gasteiger partial charge in [-0.15, -0.1) is 0 Å². The van der Waals surface area contributed by atoms with Gasteiger partial charge in [-0.25, -0.2) is 0 Å². The quantitative estimate of drug-likeness (QED) is 0.871. The summed E-state index contributed by atoms with van der Waals surface area (Å²) in [5.74, 6) is 0.618. The molecule has 0 saturated carbocycles. The van der Waals surface area contributed by atoms with Crippen LogP contribution in [0, 0.1) is 0 Å². The monoisotopic (exact) mass is 236 g/mol. The van der Waals surface area contributed by atoms with E-state index < -0.39 is 0 Å². The summed E-state index contributed by atoms with van der Waals surface area (Å²) >= 11 is 0. The van der Waals surface area contributed by atoms with Crippen LogP contribution >= 0.6 is 0 Å². The van der Waals surface area contributed by atoms with Crippen molar-refractivity contribution >= 4 is 5.82 Å². The van der Waals surface area contributed by atoms with Crippen molar-refractivity contribution in [3.63, 3.8) is 0 Å². The Bertz CT molecular complexity index is 334. The molecule has 1 atom stereocenters. The molecule has 2 N–H and O–H groups in total. The summed E-state index contributed by atoms with van der Waals surface area (Å²) in [6.45, 7) is 5.59. The van der Waals surface area contributed by atoms with Gasteiger partial charge in [0.15, 0.2) is 0 Å². The first-order valence-electron chi connectivity index (χ1n) is 6.82. The van der Waals surface area contributed by atoms with Crippen LogP contribution in [-0.2, 0) is 6.54 Å². The molecule has 0 bridgehead atoms. The topological polar surface area (TPSA) is 47.1 Å². The van der Waals surface area contributed by atoms with Crippen LogP contribution in [0.25, 0.3) is 0 Å². The Morgan fingerprint density at radius 2 is 2.24 bits per heavy atom. The highest BCUT2D eigenvalue weighted by atomic mass is 15.3. The summed E-state index contributed by atoms with van der Waals surface area (Å²) in [5.41, 5.74) is 5.62. The Morgan fingerprint density at radius 1 is 1.35 bits per heavy atom. The van der Waals surface area contributed by atoms with E-state index in [0.29, 0.717) is 5.82 Å². The third-order valence-corrected chi connectivity index (χ3v) is 3.75. The number of hydrogen-bond acceptors (Lipinski definition) is 3. The SMILES string of the molecule is CCC1CCCCCN1CCn1ccc(N)n1. The van der Waals surface area contributed by atoms with E-state index in [9.17, 15) is 0 Å². The summed E-state index contributed by atoms with van der Waals surface area (Å²) in [6.07, 6.45) is 8.72. The highest BCUT2D eigenvalue weighted by Gasteiger charge is 2.18. The molecule has 4 nitrogen and oxygen atoms in total. The van der Waals surface area contributed by atoms with Crippen LogP contribution in [-0.4, -0.2) is 33.8 Å². The summed E-state index contributed by atoms with van der Waals surface area (Å²) in [6, 6.07) is 2.63. The Hall–Kier alpha value is -1.03. The number of anilines is 1. The van der Waals surface area contributed by atoms with Gasteiger partial charge in [-0.3, -0.25) is 9.58 Å². The molecule has 1 unspecified atom stereocenters. The molecule has 1 saturated heterocycles. The maximum absolute atomic E-state index is 5.62. The van der Waals surface area contributed by atoms with Crippen LogP contribution in [0.1, 0.15) is 39.0 Å². The van der Waals surface area contributed by atoms with E-state index in [1.54, 1.807) is 0 Å². The van der Waals surface area contributed by atoms with E-state index in [1.165, 1.54) is 38.6 Å². The van der Waals surface area contributed by atoms with E-state index in [2.05, 4.69) is 16.9 Å². The predicted molar refractivity (Wildman–Crippen MR) is 70.8 cm³/mol. The van der Waals surface area contributed by atoms with Gasteiger partial charge in [0, 0.05) is 18.8 Å². The van der Waals surface area contributed by atoms with Crippen molar-refractivity contribution in [3.05, 3.63) is 12.3 Å². The van der Waals surface area contributed by atoms with Gasteiger partial charge >= 0.3 is 0 Å². The summed E-state index contributed by atoms with van der Waals surface area (Å²) in [4.78, 5) is 2.63. The number of nitrogens with zero attached hydrogens (tertiary/aromatic N) is 3. The normalized spacial score (nSPS) is 22.5. The van der Waals surface area contributed by atoms with Crippen LogP contribution < -0.4 is 5.73 Å². The Labute approximate surface area is 104 Å². The lowest BCUT2D eigenvalue weighted by Crippen LogP contribution is -2.36. The van der Waals surface area contributed by atoms with Crippen molar-refractivity contribution < 1.29 is 0 Å². The Morgan fingerprint density at radius 3 is 2.94 bits per heavy atom. The minimum absolute atomic E-state index is 0.618. The van der Waals surface area contributed by atoms with Crippen LogP contribution in [0.5, 0.6) is 0 Å². The van der Waals surface area contributed by atoms with E-state index >= 15 is 0 Å². The lowest BCUT2D eigenvalue weighted by molar-refractivity contribution is 0.185. The number of likely N-dealkylation sites (tertiary alicyclic amines) is 1. The largest absolute Gasteiger partial charge is 0.382 e. The highest BCUT2D eigenvalue weighted by Crippen LogP contribution is 2.18. The maximum Gasteiger partial charge on any atom is 0.145 e. The van der Waals surface area contributed by atoms with Gasteiger partial charge in [-0.05, 0) is 31.9 Å². The second-order valence-electron chi connectivity index (χ2n) is 4.95. The molecule has 1 aromatic rings. The first-order valence-corrected chi connectivity index (χ1v) is 6.82. The summed E-state index contributed by atoms with van der Waals surface area (Å²) in [7, 11) is 0. The van der Waals surface area contributed by atoms with Gasteiger partial charge in [0.05, 0.1) is 6.54 Å². The minimum atomic E-state index is 0.618. The molecule has 17 heavy (non-hydrogen) atoms. The second kappa shape index (κ2) is 6.05. The third kappa shape index (κ3) is 3.46. The predicted octanol–water partition coefficient (Wildman–Crippen LogP) is 2.12. The molecular weight excluding hydrogens is 212 g/mol. The molecule has 4 heteroatoms. The lowest BCUT2D eigenvalue weighted by Gasteiger charge is -2.28. The number of hydrogen-bond donors (Lipinski definition) is 1. The molecule has 1 aromatic heterocycles. The van der Waals surface area contributed by atoms with Crippen molar-refractivity contribution in [1.82, 2.24) is 14.7 Å². The van der Waals surface area contributed by atoms with Crippen LogP contribution in [0.2, 0.25) is 0 Å². The fourth-order valence-electron chi connectivity index (χ4n) is 2.73. The average Bonchev–Trinajstić information content (AvgIpc) is 2.63. The summed E-state index contributed by atoms with van der Waals surface area (Å²) < 4.78 is 1.95. The van der Waals surface area contributed by atoms with E-state index in [4.69, 9.17) is 5.73 Å². The van der Waals surface area contributed by atoms with Crippen molar-refractivity contribution in [1.29, 1.82) is 0 Å². The molecular formula is C13H24N4. The average molecular weight is 236 g/mol. The summed E-state index contributed by atoms with van der Waals surface area (Å²) in [5, 5.41) is 4.24. The molecule has 0 aromatic carbocycles. The molecule has 1 aliphatic rings. The number of rotatable bonds is 4. The fourth-order valence-corrected chi connectivity index (χ4v) is 2.73. The molecule has 2 heterocycles. The molecule has 0 aliphatic carbocycles. The number of aromatic nitrogens is 2. The third-order valence-electron chi connectivity index (χ3n) is 3.75. The Balaban J connectivity index is 1.87. The van der Waals surface area contributed by atoms with Crippen LogP contribution in [0.4, 0.5) is 5.82 Å². The maximum atomic E-state index is 5.62. The molecule has 1 aliphatic heterocycles. The molecule has 0 radical (unpaired) electrons. The molecule has 96 valence electrons. The lowest BCUT2D eigenvalue weighted by atomic mass is 10.1. The number of nitrogen functional groups attached to an aromatic ring is 1. The van der Waals surface area contributed by atoms with E-state index in [-0.39, 0.29) is 0 Å². The van der Waals surface area contributed by atoms with Gasteiger partial charge in [-0.2, -0.15) is 5.10 Å². The fraction of sp³-hybridized carbons (Fsp3) is 0.769. The second-order valence-corrected chi connectivity index (χ2v) is 4.95. The smallest absolute Gasteiger partial charge is 0.145 e. The number of nitrogens with two attached hydrogens (primary N) is 1. The molecule has 2 rings (SSSR count). The van der Waals surface area contributed by atoms with Gasteiger partial charge < -0.3 is 5.73 Å². The molecule has 1 fully saturated rings. The van der Waals surface area contributed by atoms with Crippen molar-refractivity contribution in [2.24, 2.45) is 0 Å². The van der Waals surface area contributed by atoms with Gasteiger partial charge in [0.25, 0.3) is 0 Å². The zero-order chi connectivity index (χ0) is 12.1. The van der Waals surface area contributed by atoms with Crippen molar-refractivity contribution in [3.8, 4) is 0 Å². The standard InChI is InChI=1S/C13H24N4/c1-2-12-6-4-3-5-8-16(12)10-11-17-9-7-13(14)15-17/h7,9,12H,2-6,8,10-11H2,1H3,(H2,14,15). The van der Waals surface area contributed by atoms with Crippen molar-refractivity contribution in [2.45, 2.75) is 51.6 Å². The Kier molecular flexibility index (Phi) is 4.42. The van der Waals surface area contributed by atoms with Crippen LogP contribution in [0.15, 0.2) is 12.3 Å². The van der Waals surface area contributed by atoms with Crippen LogP contribution in [0.3, 0.4) is 0 Å².